The first-order valence-corrected chi connectivity index (χ1v) is 9.29. The van der Waals surface area contributed by atoms with Crippen molar-refractivity contribution >= 4 is 17.7 Å². The SMILES string of the molecule is Cc1ccc([C@@H]2CC(=O)Nc3nc(N4CCCCC4)[nH]c(=O)c32)c(C)c1. The summed E-state index contributed by atoms with van der Waals surface area (Å²) in [5, 5.41) is 2.81. The minimum Gasteiger partial charge on any atom is -0.342 e. The van der Waals surface area contributed by atoms with Gasteiger partial charge in [-0.05, 0) is 44.2 Å². The molecule has 2 aromatic rings. The van der Waals surface area contributed by atoms with Crippen LogP contribution < -0.4 is 15.8 Å². The number of benzene rings is 1. The second-order valence-corrected chi connectivity index (χ2v) is 7.36. The highest BCUT2D eigenvalue weighted by Crippen LogP contribution is 2.36. The molecule has 6 nitrogen and oxygen atoms in total. The van der Waals surface area contributed by atoms with Gasteiger partial charge in [-0.25, -0.2) is 0 Å². The van der Waals surface area contributed by atoms with Crippen LogP contribution in [-0.4, -0.2) is 29.0 Å². The number of hydrogen-bond acceptors (Lipinski definition) is 4. The van der Waals surface area contributed by atoms with Crippen molar-refractivity contribution in [3.05, 3.63) is 50.8 Å². The Bertz CT molecular complexity index is 913. The summed E-state index contributed by atoms with van der Waals surface area (Å²) < 4.78 is 0. The highest BCUT2D eigenvalue weighted by atomic mass is 16.2. The van der Waals surface area contributed by atoms with E-state index >= 15 is 0 Å². The molecule has 136 valence electrons. The van der Waals surface area contributed by atoms with Crippen LogP contribution in [0.1, 0.15) is 53.9 Å². The van der Waals surface area contributed by atoms with Crippen LogP contribution in [-0.2, 0) is 4.79 Å². The number of aromatic nitrogens is 2. The van der Waals surface area contributed by atoms with Gasteiger partial charge in [0, 0.05) is 25.4 Å². The molecule has 1 amide bonds. The molecule has 0 aliphatic carbocycles. The van der Waals surface area contributed by atoms with Gasteiger partial charge >= 0.3 is 0 Å². The summed E-state index contributed by atoms with van der Waals surface area (Å²) >= 11 is 0. The molecule has 2 aliphatic heterocycles. The van der Waals surface area contributed by atoms with Crippen molar-refractivity contribution in [2.45, 2.75) is 45.4 Å². The summed E-state index contributed by atoms with van der Waals surface area (Å²) in [6.45, 7) is 5.84. The first kappa shape index (κ1) is 16.8. The maximum Gasteiger partial charge on any atom is 0.258 e. The smallest absolute Gasteiger partial charge is 0.258 e. The van der Waals surface area contributed by atoms with E-state index in [1.165, 1.54) is 12.0 Å². The largest absolute Gasteiger partial charge is 0.342 e. The fourth-order valence-electron chi connectivity index (χ4n) is 4.10. The quantitative estimate of drug-likeness (QED) is 0.871. The molecule has 1 fully saturated rings. The van der Waals surface area contributed by atoms with Crippen LogP contribution in [0.5, 0.6) is 0 Å². The molecular weight excluding hydrogens is 328 g/mol. The molecule has 4 rings (SSSR count). The molecule has 0 unspecified atom stereocenters. The van der Waals surface area contributed by atoms with Crippen molar-refractivity contribution in [3.8, 4) is 0 Å². The number of nitrogens with one attached hydrogen (secondary N) is 2. The zero-order chi connectivity index (χ0) is 18.3. The number of aromatic amines is 1. The number of nitrogens with zero attached hydrogens (tertiary/aromatic N) is 2. The normalized spacial score (nSPS) is 19.8. The zero-order valence-corrected chi connectivity index (χ0v) is 15.3. The van der Waals surface area contributed by atoms with E-state index in [2.05, 4.69) is 26.3 Å². The molecule has 0 spiro atoms. The van der Waals surface area contributed by atoms with E-state index in [-0.39, 0.29) is 23.8 Å². The second-order valence-electron chi connectivity index (χ2n) is 7.36. The molecule has 26 heavy (non-hydrogen) atoms. The number of carbonyl (C=O) groups excluding carboxylic acids is 1. The number of H-pyrrole nitrogens is 1. The van der Waals surface area contributed by atoms with Crippen LogP contribution in [0.25, 0.3) is 0 Å². The maximum atomic E-state index is 12.9. The second kappa shape index (κ2) is 6.59. The standard InChI is InChI=1S/C20H24N4O2/c1-12-6-7-14(13(2)10-12)15-11-16(25)21-18-17(15)19(26)23-20(22-18)24-8-4-3-5-9-24/h6-7,10,15H,3-5,8-9,11H2,1-2H3,(H2,21,22,23,25,26)/t15-/m0/s1. The topological polar surface area (TPSA) is 78.1 Å². The summed E-state index contributed by atoms with van der Waals surface area (Å²) in [6, 6.07) is 6.14. The van der Waals surface area contributed by atoms with Gasteiger partial charge in [-0.3, -0.25) is 14.6 Å². The number of carbonyl (C=O) groups is 1. The van der Waals surface area contributed by atoms with E-state index in [4.69, 9.17) is 0 Å². The number of rotatable bonds is 2. The molecule has 6 heteroatoms. The maximum absolute atomic E-state index is 12.9. The summed E-state index contributed by atoms with van der Waals surface area (Å²) in [4.78, 5) is 34.9. The van der Waals surface area contributed by atoms with E-state index in [0.29, 0.717) is 17.3 Å². The summed E-state index contributed by atoms with van der Waals surface area (Å²) in [7, 11) is 0. The minimum atomic E-state index is -0.258. The van der Waals surface area contributed by atoms with Gasteiger partial charge in [0.25, 0.3) is 5.56 Å². The number of amides is 1. The van der Waals surface area contributed by atoms with Gasteiger partial charge in [0.05, 0.1) is 5.56 Å². The Morgan fingerprint density at radius 3 is 2.62 bits per heavy atom. The van der Waals surface area contributed by atoms with Gasteiger partial charge in [-0.1, -0.05) is 23.8 Å². The van der Waals surface area contributed by atoms with Crippen molar-refractivity contribution in [2.75, 3.05) is 23.3 Å². The Hall–Kier alpha value is -2.63. The van der Waals surface area contributed by atoms with Gasteiger partial charge in [-0.15, -0.1) is 0 Å². The first-order valence-electron chi connectivity index (χ1n) is 9.29. The average molecular weight is 352 g/mol. The average Bonchev–Trinajstić information content (AvgIpc) is 2.61. The predicted molar refractivity (Wildman–Crippen MR) is 102 cm³/mol. The Morgan fingerprint density at radius 2 is 1.88 bits per heavy atom. The number of piperidine rings is 1. The van der Waals surface area contributed by atoms with E-state index in [0.717, 1.165) is 37.1 Å². The molecule has 0 bridgehead atoms. The van der Waals surface area contributed by atoms with Crippen molar-refractivity contribution in [3.63, 3.8) is 0 Å². The van der Waals surface area contributed by atoms with Crippen LogP contribution >= 0.6 is 0 Å². The lowest BCUT2D eigenvalue weighted by atomic mass is 9.84. The number of aryl methyl sites for hydroxylation is 2. The van der Waals surface area contributed by atoms with Crippen molar-refractivity contribution in [2.24, 2.45) is 0 Å². The van der Waals surface area contributed by atoms with Gasteiger partial charge in [0.1, 0.15) is 5.82 Å². The molecule has 3 heterocycles. The van der Waals surface area contributed by atoms with Gasteiger partial charge < -0.3 is 10.2 Å². The number of anilines is 2. The predicted octanol–water partition coefficient (Wildman–Crippen LogP) is 2.85. The highest BCUT2D eigenvalue weighted by Gasteiger charge is 2.32. The zero-order valence-electron chi connectivity index (χ0n) is 15.3. The molecule has 0 saturated carbocycles. The van der Waals surface area contributed by atoms with Gasteiger partial charge in [0.15, 0.2) is 0 Å². The third-order valence-electron chi connectivity index (χ3n) is 5.39. The third kappa shape index (κ3) is 3.00. The Balaban J connectivity index is 1.80. The van der Waals surface area contributed by atoms with Crippen LogP contribution in [0.3, 0.4) is 0 Å². The fourth-order valence-corrected chi connectivity index (χ4v) is 4.10. The van der Waals surface area contributed by atoms with Gasteiger partial charge in [0.2, 0.25) is 11.9 Å². The highest BCUT2D eigenvalue weighted by molar-refractivity contribution is 5.94. The van der Waals surface area contributed by atoms with E-state index in [9.17, 15) is 9.59 Å². The van der Waals surface area contributed by atoms with E-state index in [1.54, 1.807) is 0 Å². The lowest BCUT2D eigenvalue weighted by Crippen LogP contribution is -2.36. The molecule has 2 aliphatic rings. The monoisotopic (exact) mass is 352 g/mol. The van der Waals surface area contributed by atoms with Crippen LogP contribution in [0.15, 0.2) is 23.0 Å². The molecule has 1 atom stereocenters. The summed E-state index contributed by atoms with van der Waals surface area (Å²) in [5.74, 6) is 0.627. The van der Waals surface area contributed by atoms with Crippen LogP contribution in [0.4, 0.5) is 11.8 Å². The minimum absolute atomic E-state index is 0.0924. The molecule has 1 saturated heterocycles. The fraction of sp³-hybridized carbons (Fsp3) is 0.450. The molecule has 2 N–H and O–H groups in total. The van der Waals surface area contributed by atoms with Crippen molar-refractivity contribution in [1.82, 2.24) is 9.97 Å². The summed E-state index contributed by atoms with van der Waals surface area (Å²) in [5.41, 5.74) is 3.69. The number of hydrogen-bond donors (Lipinski definition) is 2. The van der Waals surface area contributed by atoms with E-state index in [1.807, 2.05) is 26.0 Å². The Kier molecular flexibility index (Phi) is 4.26. The van der Waals surface area contributed by atoms with Crippen molar-refractivity contribution in [1.29, 1.82) is 0 Å². The lowest BCUT2D eigenvalue weighted by molar-refractivity contribution is -0.116. The molecule has 1 aromatic heterocycles. The molecular formula is C20H24N4O2. The Morgan fingerprint density at radius 1 is 1.12 bits per heavy atom. The van der Waals surface area contributed by atoms with Crippen LogP contribution in [0, 0.1) is 13.8 Å². The van der Waals surface area contributed by atoms with Crippen LogP contribution in [0.2, 0.25) is 0 Å². The first-order chi connectivity index (χ1) is 12.5. The Labute approximate surface area is 152 Å². The molecule has 0 radical (unpaired) electrons. The summed E-state index contributed by atoms with van der Waals surface area (Å²) in [6.07, 6.45) is 3.67. The van der Waals surface area contributed by atoms with Gasteiger partial charge in [-0.2, -0.15) is 4.98 Å². The van der Waals surface area contributed by atoms with Crippen molar-refractivity contribution < 1.29 is 4.79 Å². The third-order valence-corrected chi connectivity index (χ3v) is 5.39. The number of fused-ring (bicyclic) bond motifs is 1. The van der Waals surface area contributed by atoms with E-state index < -0.39 is 0 Å². The molecule has 1 aromatic carbocycles. The lowest BCUT2D eigenvalue weighted by Gasteiger charge is -2.30.